The first-order valence-corrected chi connectivity index (χ1v) is 4.31. The molecule has 0 aromatic heterocycles. The van der Waals surface area contributed by atoms with Gasteiger partial charge in [-0.3, -0.25) is 4.99 Å². The smallest absolute Gasteiger partial charge is 0.0388 e. The maximum absolute atomic E-state index is 4.40. The van der Waals surface area contributed by atoms with E-state index in [1.165, 1.54) is 25.0 Å². The van der Waals surface area contributed by atoms with Gasteiger partial charge in [0.2, 0.25) is 0 Å². The van der Waals surface area contributed by atoms with Crippen molar-refractivity contribution >= 4 is 5.71 Å². The molecule has 0 unspecified atom stereocenters. The number of unbranched alkanes of at least 4 members (excludes halogenated alkanes) is 2. The van der Waals surface area contributed by atoms with Crippen molar-refractivity contribution in [2.24, 2.45) is 4.99 Å². The Morgan fingerprint density at radius 2 is 1.90 bits per heavy atom. The molecule has 0 saturated carbocycles. The van der Waals surface area contributed by atoms with E-state index in [0.29, 0.717) is 0 Å². The van der Waals surface area contributed by atoms with Crippen LogP contribution in [-0.2, 0) is 0 Å². The van der Waals surface area contributed by atoms with Crippen LogP contribution in [0.1, 0.15) is 46.5 Å². The lowest BCUT2D eigenvalue weighted by Gasteiger charge is -1.95. The molecule has 0 N–H and O–H groups in total. The molecule has 1 nitrogen and oxygen atoms in total. The molecule has 0 saturated heterocycles. The van der Waals surface area contributed by atoms with Crippen LogP contribution < -0.4 is 0 Å². The normalized spacial score (nSPS) is 12.1. The molecule has 0 amide bonds. The van der Waals surface area contributed by atoms with Gasteiger partial charge in [0.25, 0.3) is 0 Å². The minimum atomic E-state index is 1.04. The second-order valence-corrected chi connectivity index (χ2v) is 2.68. The standard InChI is InChI=1S/C9H19N/c1-4-6-7-8-10-9(3)5-2/h4-8H2,1-3H3. The zero-order valence-corrected chi connectivity index (χ0v) is 7.48. The third-order valence-corrected chi connectivity index (χ3v) is 1.66. The summed E-state index contributed by atoms with van der Waals surface area (Å²) in [6.07, 6.45) is 4.97. The highest BCUT2D eigenvalue weighted by Gasteiger charge is 1.85. The van der Waals surface area contributed by atoms with E-state index in [1.54, 1.807) is 0 Å². The van der Waals surface area contributed by atoms with Gasteiger partial charge in [-0.2, -0.15) is 0 Å². The van der Waals surface area contributed by atoms with Gasteiger partial charge in [-0.25, -0.2) is 0 Å². The Morgan fingerprint density at radius 3 is 2.40 bits per heavy atom. The Kier molecular flexibility index (Phi) is 6.56. The highest BCUT2D eigenvalue weighted by Crippen LogP contribution is 1.94. The minimum Gasteiger partial charge on any atom is -0.294 e. The van der Waals surface area contributed by atoms with Crippen molar-refractivity contribution < 1.29 is 0 Å². The first kappa shape index (κ1) is 9.67. The van der Waals surface area contributed by atoms with Crippen molar-refractivity contribution in [1.82, 2.24) is 0 Å². The van der Waals surface area contributed by atoms with Gasteiger partial charge in [0.15, 0.2) is 0 Å². The fourth-order valence-corrected chi connectivity index (χ4v) is 0.744. The summed E-state index contributed by atoms with van der Waals surface area (Å²) in [6.45, 7) is 7.51. The van der Waals surface area contributed by atoms with Crippen LogP contribution in [0.4, 0.5) is 0 Å². The molecule has 0 heterocycles. The summed E-state index contributed by atoms with van der Waals surface area (Å²) < 4.78 is 0. The van der Waals surface area contributed by atoms with Crippen LogP contribution in [0.15, 0.2) is 4.99 Å². The van der Waals surface area contributed by atoms with E-state index in [9.17, 15) is 0 Å². The fourth-order valence-electron chi connectivity index (χ4n) is 0.744. The second kappa shape index (κ2) is 6.79. The van der Waals surface area contributed by atoms with Crippen molar-refractivity contribution in [3.8, 4) is 0 Å². The van der Waals surface area contributed by atoms with E-state index in [4.69, 9.17) is 0 Å². The topological polar surface area (TPSA) is 12.4 Å². The van der Waals surface area contributed by atoms with Crippen molar-refractivity contribution in [3.63, 3.8) is 0 Å². The molecule has 60 valence electrons. The fraction of sp³-hybridized carbons (Fsp3) is 0.889. The summed E-state index contributed by atoms with van der Waals surface area (Å²) in [5.41, 5.74) is 1.29. The molecule has 0 rings (SSSR count). The Morgan fingerprint density at radius 1 is 1.20 bits per heavy atom. The first-order valence-electron chi connectivity index (χ1n) is 4.31. The van der Waals surface area contributed by atoms with Crippen LogP contribution in [0.25, 0.3) is 0 Å². The van der Waals surface area contributed by atoms with E-state index in [-0.39, 0.29) is 0 Å². The second-order valence-electron chi connectivity index (χ2n) is 2.68. The molecule has 0 bridgehead atoms. The quantitative estimate of drug-likeness (QED) is 0.412. The molecule has 1 heteroatoms. The van der Waals surface area contributed by atoms with E-state index >= 15 is 0 Å². The lowest BCUT2D eigenvalue weighted by atomic mass is 10.2. The first-order chi connectivity index (χ1) is 4.81. The van der Waals surface area contributed by atoms with Crippen LogP contribution in [-0.4, -0.2) is 12.3 Å². The van der Waals surface area contributed by atoms with Crippen LogP contribution in [0.3, 0.4) is 0 Å². The molecule has 0 aromatic rings. The monoisotopic (exact) mass is 141 g/mol. The maximum Gasteiger partial charge on any atom is 0.0388 e. The van der Waals surface area contributed by atoms with E-state index in [1.807, 2.05) is 0 Å². The zero-order valence-electron chi connectivity index (χ0n) is 7.48. The third kappa shape index (κ3) is 5.80. The number of hydrogen-bond donors (Lipinski definition) is 0. The van der Waals surface area contributed by atoms with Crippen molar-refractivity contribution in [2.75, 3.05) is 6.54 Å². The largest absolute Gasteiger partial charge is 0.294 e. The summed E-state index contributed by atoms with van der Waals surface area (Å²) in [5, 5.41) is 0. The lowest BCUT2D eigenvalue weighted by Crippen LogP contribution is -1.90. The van der Waals surface area contributed by atoms with E-state index < -0.39 is 0 Å². The minimum absolute atomic E-state index is 1.04. The predicted molar refractivity (Wildman–Crippen MR) is 47.8 cm³/mol. The molecular weight excluding hydrogens is 122 g/mol. The van der Waals surface area contributed by atoms with Gasteiger partial charge in [0.05, 0.1) is 0 Å². The zero-order chi connectivity index (χ0) is 7.82. The highest BCUT2D eigenvalue weighted by atomic mass is 14.7. The van der Waals surface area contributed by atoms with Crippen molar-refractivity contribution in [2.45, 2.75) is 46.5 Å². The van der Waals surface area contributed by atoms with Crippen LogP contribution >= 0.6 is 0 Å². The van der Waals surface area contributed by atoms with Crippen molar-refractivity contribution in [1.29, 1.82) is 0 Å². The van der Waals surface area contributed by atoms with Crippen molar-refractivity contribution in [3.05, 3.63) is 0 Å². The average molecular weight is 141 g/mol. The molecule has 0 spiro atoms. The summed E-state index contributed by atoms with van der Waals surface area (Å²) in [4.78, 5) is 4.40. The van der Waals surface area contributed by atoms with E-state index in [2.05, 4.69) is 25.8 Å². The van der Waals surface area contributed by atoms with E-state index in [0.717, 1.165) is 13.0 Å². The highest BCUT2D eigenvalue weighted by molar-refractivity contribution is 5.81. The molecular formula is C9H19N. The van der Waals surface area contributed by atoms with Gasteiger partial charge >= 0.3 is 0 Å². The van der Waals surface area contributed by atoms with Gasteiger partial charge in [-0.05, 0) is 19.8 Å². The number of hydrogen-bond acceptors (Lipinski definition) is 1. The van der Waals surface area contributed by atoms with Gasteiger partial charge < -0.3 is 0 Å². The molecule has 10 heavy (non-hydrogen) atoms. The summed E-state index contributed by atoms with van der Waals surface area (Å²) in [7, 11) is 0. The van der Waals surface area contributed by atoms with Gasteiger partial charge in [-0.15, -0.1) is 0 Å². The molecule has 0 aliphatic rings. The summed E-state index contributed by atoms with van der Waals surface area (Å²) in [5.74, 6) is 0. The summed E-state index contributed by atoms with van der Waals surface area (Å²) >= 11 is 0. The average Bonchev–Trinajstić information content (AvgIpc) is 1.98. The molecule has 0 fully saturated rings. The number of nitrogens with zero attached hydrogens (tertiary/aromatic N) is 1. The lowest BCUT2D eigenvalue weighted by molar-refractivity contribution is 0.727. The number of rotatable bonds is 5. The van der Waals surface area contributed by atoms with Crippen LogP contribution in [0, 0.1) is 0 Å². The molecule has 0 radical (unpaired) electrons. The van der Waals surface area contributed by atoms with Gasteiger partial charge in [0.1, 0.15) is 0 Å². The van der Waals surface area contributed by atoms with Crippen LogP contribution in [0.2, 0.25) is 0 Å². The number of aliphatic imine (C=N–C) groups is 1. The molecule has 0 aromatic carbocycles. The molecule has 0 aliphatic carbocycles. The predicted octanol–water partition coefficient (Wildman–Crippen LogP) is 3.05. The Balaban J connectivity index is 3.16. The maximum atomic E-state index is 4.40. The molecule has 0 aliphatic heterocycles. The SMILES string of the molecule is CCCCCN=C(C)CC. The Bertz CT molecular complexity index is 94.9. The molecule has 0 atom stereocenters. The van der Waals surface area contributed by atoms with Gasteiger partial charge in [0, 0.05) is 12.3 Å². The Hall–Kier alpha value is -0.330. The van der Waals surface area contributed by atoms with Gasteiger partial charge in [-0.1, -0.05) is 26.7 Å². The third-order valence-electron chi connectivity index (χ3n) is 1.66. The Labute approximate surface area is 64.6 Å². The summed E-state index contributed by atoms with van der Waals surface area (Å²) in [6, 6.07) is 0. The van der Waals surface area contributed by atoms with Crippen LogP contribution in [0.5, 0.6) is 0 Å².